The molecule has 0 aliphatic rings. The van der Waals surface area contributed by atoms with Crippen LogP contribution >= 0.6 is 7.14 Å². The van der Waals surface area contributed by atoms with Crippen molar-refractivity contribution in [1.29, 1.82) is 0 Å². The SMILES string of the molecule is CCCP(=O)(CCC)[C@@H](CC(=O)n1cccc1)c1ccccc1. The Labute approximate surface area is 139 Å². The van der Waals surface area contributed by atoms with E-state index in [-0.39, 0.29) is 11.6 Å². The summed E-state index contributed by atoms with van der Waals surface area (Å²) in [6.07, 6.45) is 7.01. The maximum absolute atomic E-state index is 13.7. The smallest absolute Gasteiger partial charge is 0.231 e. The number of hydrogen-bond donors (Lipinski definition) is 0. The lowest BCUT2D eigenvalue weighted by molar-refractivity contribution is 0.0901. The minimum absolute atomic E-state index is 0.0104. The van der Waals surface area contributed by atoms with Crippen molar-refractivity contribution in [3.63, 3.8) is 0 Å². The van der Waals surface area contributed by atoms with Crippen molar-refractivity contribution < 1.29 is 9.36 Å². The van der Waals surface area contributed by atoms with Gasteiger partial charge in [-0.3, -0.25) is 9.36 Å². The average molecular weight is 331 g/mol. The zero-order chi connectivity index (χ0) is 16.7. The molecular weight excluding hydrogens is 305 g/mol. The van der Waals surface area contributed by atoms with E-state index >= 15 is 0 Å². The Balaban J connectivity index is 2.35. The number of carbonyl (C=O) groups is 1. The van der Waals surface area contributed by atoms with Crippen molar-refractivity contribution in [3.8, 4) is 0 Å². The fourth-order valence-electron chi connectivity index (χ4n) is 3.18. The van der Waals surface area contributed by atoms with Gasteiger partial charge in [-0.2, -0.15) is 0 Å². The number of rotatable bonds is 8. The van der Waals surface area contributed by atoms with Gasteiger partial charge in [-0.25, -0.2) is 0 Å². The summed E-state index contributed by atoms with van der Waals surface area (Å²) in [6, 6.07) is 13.6. The summed E-state index contributed by atoms with van der Waals surface area (Å²) in [5.74, 6) is 0.0104. The molecule has 23 heavy (non-hydrogen) atoms. The van der Waals surface area contributed by atoms with E-state index in [4.69, 9.17) is 0 Å². The zero-order valence-corrected chi connectivity index (χ0v) is 14.9. The highest BCUT2D eigenvalue weighted by Gasteiger charge is 2.34. The van der Waals surface area contributed by atoms with Gasteiger partial charge < -0.3 is 4.57 Å². The summed E-state index contributed by atoms with van der Waals surface area (Å²) >= 11 is 0. The molecule has 0 aliphatic heterocycles. The fourth-order valence-corrected chi connectivity index (χ4v) is 6.75. The van der Waals surface area contributed by atoms with Crippen LogP contribution in [0.2, 0.25) is 0 Å². The van der Waals surface area contributed by atoms with Crippen LogP contribution in [0.25, 0.3) is 0 Å². The molecule has 2 aromatic rings. The molecule has 0 bridgehead atoms. The molecule has 0 saturated carbocycles. The number of benzene rings is 1. The number of aromatic nitrogens is 1. The molecule has 0 saturated heterocycles. The van der Waals surface area contributed by atoms with Gasteiger partial charge in [0, 0.05) is 36.8 Å². The van der Waals surface area contributed by atoms with E-state index in [0.29, 0.717) is 18.7 Å². The van der Waals surface area contributed by atoms with Gasteiger partial charge in [0.2, 0.25) is 5.91 Å². The summed E-state index contributed by atoms with van der Waals surface area (Å²) in [7, 11) is -2.44. The lowest BCUT2D eigenvalue weighted by Gasteiger charge is -2.28. The van der Waals surface area contributed by atoms with Gasteiger partial charge in [-0.15, -0.1) is 0 Å². The van der Waals surface area contributed by atoms with Crippen LogP contribution in [0, 0.1) is 0 Å². The molecule has 3 nitrogen and oxygen atoms in total. The highest BCUT2D eigenvalue weighted by atomic mass is 31.2. The Hall–Kier alpha value is -1.60. The van der Waals surface area contributed by atoms with Crippen LogP contribution in [0.4, 0.5) is 0 Å². The highest BCUT2D eigenvalue weighted by molar-refractivity contribution is 7.64. The molecule has 124 valence electrons. The first kappa shape index (κ1) is 17.7. The number of nitrogens with zero attached hydrogens (tertiary/aromatic N) is 1. The summed E-state index contributed by atoms with van der Waals surface area (Å²) in [6.45, 7) is 4.14. The Kier molecular flexibility index (Phi) is 6.41. The van der Waals surface area contributed by atoms with Crippen LogP contribution in [0.5, 0.6) is 0 Å². The molecule has 0 unspecified atom stereocenters. The second kappa shape index (κ2) is 8.31. The highest BCUT2D eigenvalue weighted by Crippen LogP contribution is 2.61. The molecule has 2 rings (SSSR count). The third-order valence-corrected chi connectivity index (χ3v) is 8.24. The predicted octanol–water partition coefficient (Wildman–Crippen LogP) is 5.44. The van der Waals surface area contributed by atoms with Crippen molar-refractivity contribution in [1.82, 2.24) is 4.57 Å². The molecule has 1 heterocycles. The van der Waals surface area contributed by atoms with Crippen molar-refractivity contribution in [2.24, 2.45) is 0 Å². The summed E-state index contributed by atoms with van der Waals surface area (Å²) in [5, 5.41) is 0. The molecule has 0 radical (unpaired) electrons. The van der Waals surface area contributed by atoms with Crippen molar-refractivity contribution in [2.75, 3.05) is 12.3 Å². The molecule has 1 aromatic carbocycles. The van der Waals surface area contributed by atoms with Crippen LogP contribution in [-0.4, -0.2) is 22.8 Å². The monoisotopic (exact) mass is 331 g/mol. The van der Waals surface area contributed by atoms with E-state index in [9.17, 15) is 9.36 Å². The molecule has 0 N–H and O–H groups in total. The van der Waals surface area contributed by atoms with Gasteiger partial charge in [-0.1, -0.05) is 44.2 Å². The Morgan fingerprint density at radius 2 is 1.57 bits per heavy atom. The average Bonchev–Trinajstić information content (AvgIpc) is 3.08. The molecule has 4 heteroatoms. The molecule has 1 atom stereocenters. The standard InChI is InChI=1S/C19H26NO2P/c1-3-14-23(22,15-4-2)18(17-10-6-5-7-11-17)16-19(21)20-12-8-9-13-20/h5-13,18H,3-4,14-16H2,1-2H3/t18-/m0/s1. The Morgan fingerprint density at radius 3 is 2.09 bits per heavy atom. The van der Waals surface area contributed by atoms with E-state index in [1.54, 1.807) is 17.0 Å². The van der Waals surface area contributed by atoms with E-state index in [2.05, 4.69) is 13.8 Å². The molecular formula is C19H26NO2P. The van der Waals surface area contributed by atoms with Gasteiger partial charge in [0.25, 0.3) is 0 Å². The minimum Gasteiger partial charge on any atom is -0.323 e. The van der Waals surface area contributed by atoms with E-state index in [1.807, 2.05) is 42.5 Å². The summed E-state index contributed by atoms with van der Waals surface area (Å²) in [5.41, 5.74) is 0.844. The maximum Gasteiger partial charge on any atom is 0.231 e. The first-order valence-corrected chi connectivity index (χ1v) is 10.5. The lowest BCUT2D eigenvalue weighted by atomic mass is 10.1. The molecule has 0 spiro atoms. The normalized spacial score (nSPS) is 13.0. The maximum atomic E-state index is 13.7. The second-order valence-electron chi connectivity index (χ2n) is 6.01. The zero-order valence-electron chi connectivity index (χ0n) is 14.0. The second-order valence-corrected chi connectivity index (χ2v) is 9.44. The predicted molar refractivity (Wildman–Crippen MR) is 96.8 cm³/mol. The largest absolute Gasteiger partial charge is 0.323 e. The first-order valence-electron chi connectivity index (χ1n) is 8.39. The van der Waals surface area contributed by atoms with Crippen molar-refractivity contribution >= 4 is 13.0 Å². The van der Waals surface area contributed by atoms with Crippen molar-refractivity contribution in [3.05, 3.63) is 60.4 Å². The van der Waals surface area contributed by atoms with Crippen LogP contribution in [0.15, 0.2) is 54.9 Å². The number of hydrogen-bond acceptors (Lipinski definition) is 2. The quantitative estimate of drug-likeness (QED) is 0.604. The van der Waals surface area contributed by atoms with Crippen LogP contribution < -0.4 is 0 Å². The van der Waals surface area contributed by atoms with Crippen LogP contribution in [-0.2, 0) is 4.57 Å². The van der Waals surface area contributed by atoms with Gasteiger partial charge in [-0.05, 0) is 30.5 Å². The third-order valence-electron chi connectivity index (χ3n) is 4.22. The van der Waals surface area contributed by atoms with E-state index < -0.39 is 7.14 Å². The van der Waals surface area contributed by atoms with E-state index in [1.165, 1.54) is 0 Å². The molecule has 1 aromatic heterocycles. The third kappa shape index (κ3) is 4.45. The molecule has 0 amide bonds. The van der Waals surface area contributed by atoms with Gasteiger partial charge in [0.05, 0.1) is 7.14 Å². The minimum atomic E-state index is -2.44. The van der Waals surface area contributed by atoms with Gasteiger partial charge in [0.15, 0.2) is 0 Å². The first-order chi connectivity index (χ1) is 11.1. The Morgan fingerprint density at radius 1 is 1.00 bits per heavy atom. The van der Waals surface area contributed by atoms with Crippen molar-refractivity contribution in [2.45, 2.75) is 38.8 Å². The Bertz CT molecular complexity index is 639. The van der Waals surface area contributed by atoms with E-state index in [0.717, 1.165) is 18.4 Å². The van der Waals surface area contributed by atoms with Gasteiger partial charge in [0.1, 0.15) is 0 Å². The summed E-state index contributed by atoms with van der Waals surface area (Å²) in [4.78, 5) is 12.6. The molecule has 0 fully saturated rings. The topological polar surface area (TPSA) is 39.1 Å². The number of carbonyl (C=O) groups excluding carboxylic acids is 1. The molecule has 0 aliphatic carbocycles. The van der Waals surface area contributed by atoms with Crippen LogP contribution in [0.1, 0.15) is 49.1 Å². The lowest BCUT2D eigenvalue weighted by Crippen LogP contribution is -2.16. The van der Waals surface area contributed by atoms with Crippen LogP contribution in [0.3, 0.4) is 0 Å². The summed E-state index contributed by atoms with van der Waals surface area (Å²) < 4.78 is 15.3. The van der Waals surface area contributed by atoms with Gasteiger partial charge >= 0.3 is 0 Å². The fraction of sp³-hybridized carbons (Fsp3) is 0.421.